The van der Waals surface area contributed by atoms with E-state index in [0.717, 1.165) is 5.57 Å². The van der Waals surface area contributed by atoms with E-state index >= 15 is 0 Å². The maximum Gasteiger partial charge on any atom is 0.332 e. The summed E-state index contributed by atoms with van der Waals surface area (Å²) in [5.74, 6) is -1.36. The van der Waals surface area contributed by atoms with E-state index < -0.39 is 17.4 Å². The van der Waals surface area contributed by atoms with Gasteiger partial charge in [0.15, 0.2) is 0 Å². The van der Waals surface area contributed by atoms with Crippen molar-refractivity contribution in [2.45, 2.75) is 6.92 Å². The molecule has 0 bridgehead atoms. The van der Waals surface area contributed by atoms with Gasteiger partial charge in [-0.2, -0.15) is 0 Å². The van der Waals surface area contributed by atoms with Crippen molar-refractivity contribution in [2.24, 2.45) is 10.6 Å². The van der Waals surface area contributed by atoms with Crippen LogP contribution in [-0.2, 0) is 23.9 Å². The number of methoxy groups -OCH3 is 2. The van der Waals surface area contributed by atoms with Crippen LogP contribution in [0.3, 0.4) is 0 Å². The molecule has 0 fully saturated rings. The third-order valence-electron chi connectivity index (χ3n) is 3.19. The Labute approximate surface area is 104 Å². The van der Waals surface area contributed by atoms with Crippen molar-refractivity contribution in [2.75, 3.05) is 20.8 Å². The summed E-state index contributed by atoms with van der Waals surface area (Å²) in [6.07, 6.45) is 3.09. The Bertz CT molecular complexity index is 485. The van der Waals surface area contributed by atoms with Crippen LogP contribution in [0.5, 0.6) is 0 Å². The molecule has 2 rings (SSSR count). The van der Waals surface area contributed by atoms with Gasteiger partial charge in [0.1, 0.15) is 6.61 Å². The zero-order valence-electron chi connectivity index (χ0n) is 10.4. The topological polar surface area (TPSA) is 74.2 Å². The highest BCUT2D eigenvalue weighted by Crippen LogP contribution is 2.45. The Kier molecular flexibility index (Phi) is 2.94. The van der Waals surface area contributed by atoms with Crippen molar-refractivity contribution in [3.63, 3.8) is 0 Å². The molecule has 0 saturated heterocycles. The van der Waals surface area contributed by atoms with E-state index in [2.05, 4.69) is 5.16 Å². The van der Waals surface area contributed by atoms with Crippen LogP contribution in [0.2, 0.25) is 0 Å². The number of nitrogens with zero attached hydrogens (tertiary/aromatic N) is 1. The molecule has 0 N–H and O–H groups in total. The van der Waals surface area contributed by atoms with Crippen molar-refractivity contribution >= 4 is 18.2 Å². The smallest absolute Gasteiger partial charge is 0.332 e. The first-order chi connectivity index (χ1) is 8.58. The lowest BCUT2D eigenvalue weighted by atomic mass is 9.77. The third kappa shape index (κ3) is 1.38. The number of rotatable bonds is 2. The first-order valence-electron chi connectivity index (χ1n) is 5.33. The SMILES string of the molecule is COC(=O)C1(C(=O)OC)C(C)=CC2=C1C=NOC2. The monoisotopic (exact) mass is 251 g/mol. The number of oxime groups is 1. The van der Waals surface area contributed by atoms with Crippen LogP contribution in [0, 0.1) is 5.41 Å². The van der Waals surface area contributed by atoms with Gasteiger partial charge in [-0.1, -0.05) is 11.2 Å². The minimum atomic E-state index is -1.55. The number of hydrogen-bond donors (Lipinski definition) is 0. The Balaban J connectivity index is 2.63. The fourth-order valence-corrected chi connectivity index (χ4v) is 2.33. The van der Waals surface area contributed by atoms with Gasteiger partial charge in [-0.15, -0.1) is 0 Å². The van der Waals surface area contributed by atoms with Gasteiger partial charge in [-0.25, -0.2) is 0 Å². The van der Waals surface area contributed by atoms with Crippen LogP contribution in [0.15, 0.2) is 28.0 Å². The molecule has 0 unspecified atom stereocenters. The maximum atomic E-state index is 12.1. The molecule has 1 heterocycles. The minimum absolute atomic E-state index is 0.221. The predicted octanol–water partition coefficient (Wildman–Crippen LogP) is 0.591. The van der Waals surface area contributed by atoms with Crippen LogP contribution in [0.4, 0.5) is 0 Å². The largest absolute Gasteiger partial charge is 0.468 e. The minimum Gasteiger partial charge on any atom is -0.468 e. The molecule has 6 heteroatoms. The molecule has 2 aliphatic rings. The lowest BCUT2D eigenvalue weighted by Gasteiger charge is -2.27. The highest BCUT2D eigenvalue weighted by Gasteiger charge is 2.56. The van der Waals surface area contributed by atoms with E-state index in [1.165, 1.54) is 20.4 Å². The van der Waals surface area contributed by atoms with Gasteiger partial charge in [0, 0.05) is 5.57 Å². The van der Waals surface area contributed by atoms with Crippen molar-refractivity contribution in [1.29, 1.82) is 0 Å². The zero-order valence-corrected chi connectivity index (χ0v) is 10.4. The summed E-state index contributed by atoms with van der Waals surface area (Å²) in [5, 5.41) is 3.65. The van der Waals surface area contributed by atoms with Crippen molar-refractivity contribution in [1.82, 2.24) is 0 Å². The maximum absolute atomic E-state index is 12.1. The third-order valence-corrected chi connectivity index (χ3v) is 3.19. The summed E-state index contributed by atoms with van der Waals surface area (Å²) in [4.78, 5) is 29.1. The van der Waals surface area contributed by atoms with Gasteiger partial charge < -0.3 is 14.3 Å². The van der Waals surface area contributed by atoms with Gasteiger partial charge in [0.05, 0.1) is 20.4 Å². The molecule has 6 nitrogen and oxygen atoms in total. The highest BCUT2D eigenvalue weighted by atomic mass is 16.6. The van der Waals surface area contributed by atoms with E-state index in [9.17, 15) is 9.59 Å². The molecule has 0 aromatic carbocycles. The molecule has 0 aromatic rings. The molecule has 0 amide bonds. The van der Waals surface area contributed by atoms with Gasteiger partial charge in [0.2, 0.25) is 5.41 Å². The summed E-state index contributed by atoms with van der Waals surface area (Å²) in [6, 6.07) is 0. The standard InChI is InChI=1S/C12H13NO5/c1-7-4-8-6-18-13-5-9(8)12(7,10(14)16-2)11(15)17-3/h4-5H,6H2,1-3H3. The summed E-state index contributed by atoms with van der Waals surface area (Å²) in [7, 11) is 2.46. The fourth-order valence-electron chi connectivity index (χ4n) is 2.33. The predicted molar refractivity (Wildman–Crippen MR) is 61.7 cm³/mol. The van der Waals surface area contributed by atoms with Crippen LogP contribution in [0.1, 0.15) is 6.92 Å². The van der Waals surface area contributed by atoms with Crippen LogP contribution in [-0.4, -0.2) is 39.0 Å². The van der Waals surface area contributed by atoms with Gasteiger partial charge in [0.25, 0.3) is 0 Å². The fraction of sp³-hybridized carbons (Fsp3) is 0.417. The Morgan fingerprint density at radius 2 is 1.94 bits per heavy atom. The Morgan fingerprint density at radius 3 is 2.50 bits per heavy atom. The number of esters is 2. The van der Waals surface area contributed by atoms with E-state index in [4.69, 9.17) is 14.3 Å². The molecule has 18 heavy (non-hydrogen) atoms. The summed E-state index contributed by atoms with van der Waals surface area (Å²) in [5.41, 5.74) is 0.193. The van der Waals surface area contributed by atoms with E-state index in [0.29, 0.717) is 11.1 Å². The van der Waals surface area contributed by atoms with Crippen LogP contribution in [0.25, 0.3) is 0 Å². The van der Waals surface area contributed by atoms with Crippen molar-refractivity contribution in [3.8, 4) is 0 Å². The highest BCUT2D eigenvalue weighted by molar-refractivity contribution is 6.14. The van der Waals surface area contributed by atoms with E-state index in [1.807, 2.05) is 0 Å². The van der Waals surface area contributed by atoms with Crippen molar-refractivity contribution < 1.29 is 23.9 Å². The molecule has 1 aliphatic heterocycles. The molecule has 0 radical (unpaired) electrons. The number of carbonyl (C=O) groups is 2. The second kappa shape index (κ2) is 4.29. The normalized spacial score (nSPS) is 19.8. The van der Waals surface area contributed by atoms with E-state index in [-0.39, 0.29) is 6.61 Å². The lowest BCUT2D eigenvalue weighted by molar-refractivity contribution is -0.162. The molecule has 0 atom stereocenters. The van der Waals surface area contributed by atoms with Crippen LogP contribution >= 0.6 is 0 Å². The molecule has 0 saturated carbocycles. The molecule has 0 aromatic heterocycles. The summed E-state index contributed by atoms with van der Waals surface area (Å²) >= 11 is 0. The van der Waals surface area contributed by atoms with Gasteiger partial charge >= 0.3 is 11.9 Å². The summed E-state index contributed by atoms with van der Waals surface area (Å²) in [6.45, 7) is 1.90. The molecule has 1 aliphatic carbocycles. The van der Waals surface area contributed by atoms with E-state index in [1.54, 1.807) is 13.0 Å². The number of carbonyl (C=O) groups excluding carboxylic acids is 2. The Morgan fingerprint density at radius 1 is 1.33 bits per heavy atom. The second-order valence-corrected chi connectivity index (χ2v) is 4.01. The number of ether oxygens (including phenoxy) is 2. The quantitative estimate of drug-likeness (QED) is 0.530. The Hall–Kier alpha value is -2.11. The van der Waals surface area contributed by atoms with Gasteiger partial charge in [-0.05, 0) is 18.1 Å². The van der Waals surface area contributed by atoms with Gasteiger partial charge in [-0.3, -0.25) is 9.59 Å². The molecular weight excluding hydrogens is 238 g/mol. The number of hydrogen-bond acceptors (Lipinski definition) is 6. The average Bonchev–Trinajstić information content (AvgIpc) is 2.70. The average molecular weight is 251 g/mol. The molecular formula is C12H13NO5. The molecule has 96 valence electrons. The first kappa shape index (κ1) is 12.3. The first-order valence-corrected chi connectivity index (χ1v) is 5.33. The van der Waals surface area contributed by atoms with Crippen molar-refractivity contribution in [3.05, 3.63) is 22.8 Å². The lowest BCUT2D eigenvalue weighted by Crippen LogP contribution is -2.43. The zero-order chi connectivity index (χ0) is 13.3. The second-order valence-electron chi connectivity index (χ2n) is 4.01. The molecule has 0 spiro atoms. The summed E-state index contributed by atoms with van der Waals surface area (Å²) < 4.78 is 9.53. The van der Waals surface area contributed by atoms with Crippen LogP contribution < -0.4 is 0 Å².